The van der Waals surface area contributed by atoms with Crippen molar-refractivity contribution in [2.24, 2.45) is 5.92 Å². The van der Waals surface area contributed by atoms with Crippen LogP contribution in [0.1, 0.15) is 22.7 Å². The zero-order valence-corrected chi connectivity index (χ0v) is 11.5. The number of halogens is 7. The molecule has 1 aromatic rings. The van der Waals surface area contributed by atoms with E-state index in [-0.39, 0.29) is 16.7 Å². The summed E-state index contributed by atoms with van der Waals surface area (Å²) in [7, 11) is 1.01. The fourth-order valence-electron chi connectivity index (χ4n) is 2.45. The van der Waals surface area contributed by atoms with Crippen molar-refractivity contribution in [3.05, 3.63) is 34.6 Å². The van der Waals surface area contributed by atoms with E-state index in [2.05, 4.69) is 5.32 Å². The summed E-state index contributed by atoms with van der Waals surface area (Å²) in [5, 5.41) is 2.07. The van der Waals surface area contributed by atoms with Gasteiger partial charge in [-0.05, 0) is 49.7 Å². The molecule has 0 bridgehead atoms. The Balaban J connectivity index is 3.48. The highest BCUT2D eigenvalue weighted by atomic mass is 19.4. The number of nitrogens with one attached hydrogen (secondary N) is 1. The molecule has 21 heavy (non-hydrogen) atoms. The van der Waals surface area contributed by atoms with Crippen LogP contribution in [0.3, 0.4) is 0 Å². The maximum atomic E-state index is 13.2. The minimum atomic E-state index is -5.47. The third kappa shape index (κ3) is 3.87. The van der Waals surface area contributed by atoms with Gasteiger partial charge < -0.3 is 5.32 Å². The number of rotatable bonds is 3. The molecule has 0 amide bonds. The highest BCUT2D eigenvalue weighted by Gasteiger charge is 2.60. The molecule has 1 aromatic carbocycles. The molecule has 120 valence electrons. The molecule has 8 heteroatoms. The molecule has 0 aliphatic carbocycles. The first-order chi connectivity index (χ1) is 9.39. The Kier molecular flexibility index (Phi) is 4.92. The molecule has 1 N–H and O–H groups in total. The predicted molar refractivity (Wildman–Crippen MR) is 63.3 cm³/mol. The molecule has 1 rings (SSSR count). The zero-order valence-electron chi connectivity index (χ0n) is 11.5. The van der Waals surface area contributed by atoms with Crippen molar-refractivity contribution in [1.82, 2.24) is 5.32 Å². The maximum Gasteiger partial charge on any atom is 0.402 e. The summed E-state index contributed by atoms with van der Waals surface area (Å²) >= 11 is 0. The van der Waals surface area contributed by atoms with Gasteiger partial charge in [0.15, 0.2) is 5.92 Å². The van der Waals surface area contributed by atoms with Gasteiger partial charge in [0.25, 0.3) is 0 Å². The van der Waals surface area contributed by atoms with E-state index in [1.54, 1.807) is 0 Å². The third-order valence-corrected chi connectivity index (χ3v) is 3.22. The summed E-state index contributed by atoms with van der Waals surface area (Å²) in [5.41, 5.74) is -0.130. The van der Waals surface area contributed by atoms with E-state index >= 15 is 0 Å². The molecule has 0 aliphatic heterocycles. The SMILES string of the molecule is CNC(c1c(C)cc(F)cc1C)C(C(F)(F)F)C(F)(F)F. The molecular formula is C13H14F7N. The van der Waals surface area contributed by atoms with Gasteiger partial charge in [0, 0.05) is 0 Å². The average molecular weight is 317 g/mol. The van der Waals surface area contributed by atoms with Gasteiger partial charge in [-0.3, -0.25) is 0 Å². The standard InChI is InChI=1S/C13H14F7N/c1-6-4-8(14)5-7(2)9(6)10(21-3)11(12(15,16)17)13(18,19)20/h4-5,10-11,21H,1-3H3. The second-order valence-electron chi connectivity index (χ2n) is 4.78. The van der Waals surface area contributed by atoms with Crippen LogP contribution in [0.4, 0.5) is 30.7 Å². The first kappa shape index (κ1) is 17.7. The largest absolute Gasteiger partial charge is 0.402 e. The van der Waals surface area contributed by atoms with Crippen LogP contribution >= 0.6 is 0 Å². The van der Waals surface area contributed by atoms with E-state index in [1.165, 1.54) is 13.8 Å². The summed E-state index contributed by atoms with van der Waals surface area (Å²) in [5.74, 6) is -4.28. The Morgan fingerprint density at radius 3 is 1.57 bits per heavy atom. The lowest BCUT2D eigenvalue weighted by Crippen LogP contribution is -2.45. The zero-order chi connectivity index (χ0) is 16.6. The van der Waals surface area contributed by atoms with Crippen LogP contribution < -0.4 is 5.32 Å². The first-order valence-corrected chi connectivity index (χ1v) is 5.97. The maximum absolute atomic E-state index is 13.2. The minimum absolute atomic E-state index is 0.0327. The van der Waals surface area contributed by atoms with Crippen LogP contribution in [-0.2, 0) is 0 Å². The Morgan fingerprint density at radius 2 is 1.29 bits per heavy atom. The van der Waals surface area contributed by atoms with Crippen molar-refractivity contribution < 1.29 is 30.7 Å². The summed E-state index contributed by atoms with van der Waals surface area (Å²) in [4.78, 5) is 0. The number of hydrogen-bond acceptors (Lipinski definition) is 1. The van der Waals surface area contributed by atoms with E-state index < -0.39 is 30.1 Å². The summed E-state index contributed by atoms with van der Waals surface area (Å²) < 4.78 is 90.3. The number of hydrogen-bond donors (Lipinski definition) is 1. The first-order valence-electron chi connectivity index (χ1n) is 5.97. The molecule has 0 aliphatic rings. The van der Waals surface area contributed by atoms with Gasteiger partial charge in [0.05, 0.1) is 6.04 Å². The molecule has 1 nitrogen and oxygen atoms in total. The fraction of sp³-hybridized carbons (Fsp3) is 0.538. The summed E-state index contributed by atoms with van der Waals surface area (Å²) in [6.07, 6.45) is -10.9. The van der Waals surface area contributed by atoms with Gasteiger partial charge in [0.2, 0.25) is 0 Å². The van der Waals surface area contributed by atoms with Crippen LogP contribution in [0.15, 0.2) is 12.1 Å². The Bertz CT molecular complexity index is 467. The van der Waals surface area contributed by atoms with Crippen LogP contribution in [0, 0.1) is 25.6 Å². The van der Waals surface area contributed by atoms with Crippen molar-refractivity contribution in [3.63, 3.8) is 0 Å². The number of benzene rings is 1. The average Bonchev–Trinajstić information content (AvgIpc) is 2.22. The van der Waals surface area contributed by atoms with Crippen molar-refractivity contribution in [2.75, 3.05) is 7.05 Å². The van der Waals surface area contributed by atoms with Gasteiger partial charge in [-0.1, -0.05) is 0 Å². The van der Waals surface area contributed by atoms with Crippen molar-refractivity contribution in [1.29, 1.82) is 0 Å². The lowest BCUT2D eigenvalue weighted by Gasteiger charge is -2.32. The molecule has 0 radical (unpaired) electrons. The number of alkyl halides is 6. The molecule has 0 saturated carbocycles. The second-order valence-corrected chi connectivity index (χ2v) is 4.78. The van der Waals surface area contributed by atoms with E-state index in [0.717, 1.165) is 19.2 Å². The molecule has 0 heterocycles. The van der Waals surface area contributed by atoms with Gasteiger partial charge >= 0.3 is 12.4 Å². The van der Waals surface area contributed by atoms with Crippen LogP contribution in [-0.4, -0.2) is 19.4 Å². The smallest absolute Gasteiger partial charge is 0.312 e. The highest BCUT2D eigenvalue weighted by Crippen LogP contribution is 2.47. The summed E-state index contributed by atoms with van der Waals surface area (Å²) in [6.45, 7) is 2.55. The van der Waals surface area contributed by atoms with Crippen LogP contribution in [0.2, 0.25) is 0 Å². The topological polar surface area (TPSA) is 12.0 Å². The second kappa shape index (κ2) is 5.82. The summed E-state index contributed by atoms with van der Waals surface area (Å²) in [6, 6.07) is -0.210. The van der Waals surface area contributed by atoms with Crippen LogP contribution in [0.5, 0.6) is 0 Å². The fourth-order valence-corrected chi connectivity index (χ4v) is 2.45. The van der Waals surface area contributed by atoms with Crippen LogP contribution in [0.25, 0.3) is 0 Å². The molecule has 0 fully saturated rings. The van der Waals surface area contributed by atoms with Gasteiger partial charge in [0.1, 0.15) is 5.82 Å². The quantitative estimate of drug-likeness (QED) is 0.813. The molecule has 0 spiro atoms. The van der Waals surface area contributed by atoms with Gasteiger partial charge in [-0.25, -0.2) is 4.39 Å². The van der Waals surface area contributed by atoms with E-state index in [4.69, 9.17) is 0 Å². The van der Waals surface area contributed by atoms with Crippen molar-refractivity contribution in [3.8, 4) is 0 Å². The van der Waals surface area contributed by atoms with E-state index in [1.807, 2.05) is 0 Å². The van der Waals surface area contributed by atoms with Crippen molar-refractivity contribution in [2.45, 2.75) is 32.2 Å². The lowest BCUT2D eigenvalue weighted by molar-refractivity contribution is -0.292. The third-order valence-electron chi connectivity index (χ3n) is 3.22. The highest BCUT2D eigenvalue weighted by molar-refractivity contribution is 5.37. The minimum Gasteiger partial charge on any atom is -0.312 e. The molecular weight excluding hydrogens is 303 g/mol. The van der Waals surface area contributed by atoms with Crippen molar-refractivity contribution >= 4 is 0 Å². The Morgan fingerprint density at radius 1 is 0.905 bits per heavy atom. The Hall–Kier alpha value is -1.31. The van der Waals surface area contributed by atoms with E-state index in [0.29, 0.717) is 0 Å². The van der Waals surface area contributed by atoms with E-state index in [9.17, 15) is 30.7 Å². The number of aryl methyl sites for hydroxylation is 2. The monoisotopic (exact) mass is 317 g/mol. The lowest BCUT2D eigenvalue weighted by atomic mass is 9.86. The predicted octanol–water partition coefficient (Wildman–Crippen LogP) is 4.44. The van der Waals surface area contributed by atoms with Gasteiger partial charge in [-0.2, -0.15) is 26.3 Å². The molecule has 1 unspecified atom stereocenters. The Labute approximate surface area is 117 Å². The molecule has 1 atom stereocenters. The normalized spacial score (nSPS) is 14.6. The van der Waals surface area contributed by atoms with Gasteiger partial charge in [-0.15, -0.1) is 0 Å². The molecule has 0 saturated heterocycles. The molecule has 0 aromatic heterocycles.